The summed E-state index contributed by atoms with van der Waals surface area (Å²) in [6.07, 6.45) is -32.9. The molecular weight excluding hydrogens is 1040 g/mol. The number of rotatable bonds is 16. The first kappa shape index (κ1) is 61.5. The normalized spacial score (nSPS) is 56.6. The Morgan fingerprint density at radius 1 is 0.590 bits per heavy atom. The van der Waals surface area contributed by atoms with Gasteiger partial charge in [0.25, 0.3) is 0 Å². The van der Waals surface area contributed by atoms with E-state index in [2.05, 4.69) is 13.8 Å². The van der Waals surface area contributed by atoms with Crippen molar-refractivity contribution in [2.24, 2.45) is 40.4 Å². The smallest absolute Gasteiger partial charge is 0.187 e. The Labute approximate surface area is 452 Å². The fourth-order valence-electron chi connectivity index (χ4n) is 15.8. The molecule has 0 spiro atoms. The van der Waals surface area contributed by atoms with Crippen LogP contribution in [-0.4, -0.2) is 273 Å². The van der Waals surface area contributed by atoms with Crippen molar-refractivity contribution < 1.29 is 129 Å². The number of hydrogen-bond acceptors (Lipinski definition) is 26. The highest BCUT2D eigenvalue weighted by atomic mass is 16.8. The lowest BCUT2D eigenvalue weighted by Crippen LogP contribution is -2.74. The predicted octanol–water partition coefficient (Wildman–Crippen LogP) is -5.07. The third-order valence-corrected chi connectivity index (χ3v) is 20.7. The second kappa shape index (κ2) is 23.1. The summed E-state index contributed by atoms with van der Waals surface area (Å²) in [7, 11) is 1.63. The SMILES string of the molecule is CO[C@]1(CC[C@@H](C)CO[C@@H]2O[C@H](CO)[C@@H](O)[C@H](O)[C@H]2O)O[C@H]2C[C@H]3[C@@H]4CC[C@@]5(O)C[C@@H](O[C@@H]6O[C@H](CO)[C@@H](O)[C@H](O[C@@H]7O[C@H](CO)[C@H](O)[C@H](O)[C@H]7O)[C@H]6O[C@@H]6O[C@@H](C)[C@H](O)[C@@H](O)[C@H]6O)[C@H](O)C[C@]5(C)[C@@]4(O)CC[C@]3(C)[C@H]2[C@@H]1C. The van der Waals surface area contributed by atoms with E-state index < -0.39 is 177 Å². The van der Waals surface area contributed by atoms with Gasteiger partial charge in [0, 0.05) is 31.3 Å². The molecule has 0 aromatic heterocycles. The summed E-state index contributed by atoms with van der Waals surface area (Å²) >= 11 is 0. The van der Waals surface area contributed by atoms with E-state index in [1.165, 1.54) is 6.92 Å². The van der Waals surface area contributed by atoms with Crippen LogP contribution in [0.3, 0.4) is 0 Å². The summed E-state index contributed by atoms with van der Waals surface area (Å²) in [5.74, 6) is -1.44. The topological polar surface area (TPSA) is 416 Å². The van der Waals surface area contributed by atoms with Crippen LogP contribution < -0.4 is 0 Å². The van der Waals surface area contributed by atoms with E-state index in [1.807, 2.05) is 6.92 Å². The van der Waals surface area contributed by atoms with Crippen molar-refractivity contribution in [1.29, 1.82) is 0 Å². The number of hydrogen-bond donors (Lipinski definition) is 16. The highest BCUT2D eigenvalue weighted by Crippen LogP contribution is 2.73. The molecule has 452 valence electrons. The van der Waals surface area contributed by atoms with E-state index in [-0.39, 0.29) is 67.0 Å². The molecule has 0 unspecified atom stereocenters. The van der Waals surface area contributed by atoms with E-state index in [9.17, 15) is 81.7 Å². The van der Waals surface area contributed by atoms with E-state index in [4.69, 9.17) is 47.4 Å². The van der Waals surface area contributed by atoms with Crippen LogP contribution >= 0.6 is 0 Å². The molecule has 0 amide bonds. The van der Waals surface area contributed by atoms with Crippen LogP contribution in [0.2, 0.25) is 0 Å². The van der Waals surface area contributed by atoms with Crippen LogP contribution in [0, 0.1) is 40.4 Å². The standard InChI is InChI=1S/C52H88O26/c1-20(19-70-44-39(64)37(62)33(58)28(16-53)73-44)7-10-52(69-6)21(2)31-26(78-52)13-24-23-8-9-50(67)15-27(25(56)14-49(50,5)51(23,68)12-11-48(24,31)4)72-47-43(77-45-40(65)36(61)32(57)22(3)71-45)42(35(60)30(18-55)75-47)76-46-41(66)38(63)34(59)29(17-54)74-46/h20-47,53-68H,7-19H2,1-6H3/t20-,21+,22+,23+,24+,25-,26+,27-,28-,29-,30-,31+,32+,33-,34+,35-,36-,37+,38+,39-,40-,41-,42+,43-,44-,45+,46+,47-,48+,49+,50-,51-,52-/m1/s1. The first-order chi connectivity index (χ1) is 36.7. The molecule has 4 saturated carbocycles. The molecule has 5 aliphatic heterocycles. The molecule has 9 fully saturated rings. The predicted molar refractivity (Wildman–Crippen MR) is 259 cm³/mol. The Morgan fingerprint density at radius 2 is 1.14 bits per heavy atom. The van der Waals surface area contributed by atoms with Gasteiger partial charge in [0.05, 0.1) is 62.0 Å². The molecule has 9 aliphatic rings. The highest BCUT2D eigenvalue weighted by molar-refractivity contribution is 5.24. The summed E-state index contributed by atoms with van der Waals surface area (Å²) in [6, 6.07) is 0. The monoisotopic (exact) mass is 1130 g/mol. The third kappa shape index (κ3) is 10.2. The van der Waals surface area contributed by atoms with Crippen molar-refractivity contribution in [3.05, 3.63) is 0 Å². The Morgan fingerprint density at radius 3 is 1.76 bits per heavy atom. The molecule has 5 saturated heterocycles. The minimum Gasteiger partial charge on any atom is -0.394 e. The maximum absolute atomic E-state index is 13.3. The molecule has 16 N–H and O–H groups in total. The van der Waals surface area contributed by atoms with Gasteiger partial charge in [-0.2, -0.15) is 0 Å². The van der Waals surface area contributed by atoms with Crippen molar-refractivity contribution in [2.75, 3.05) is 33.5 Å². The van der Waals surface area contributed by atoms with Gasteiger partial charge in [0.2, 0.25) is 0 Å². The van der Waals surface area contributed by atoms with Crippen molar-refractivity contribution in [1.82, 2.24) is 0 Å². The molecule has 26 nitrogen and oxygen atoms in total. The van der Waals surface area contributed by atoms with Gasteiger partial charge in [-0.05, 0) is 81.0 Å². The van der Waals surface area contributed by atoms with Crippen LogP contribution in [0.5, 0.6) is 0 Å². The summed E-state index contributed by atoms with van der Waals surface area (Å²) in [5, 5.41) is 175. The molecule has 0 bridgehead atoms. The molecule has 0 aromatic rings. The van der Waals surface area contributed by atoms with Crippen molar-refractivity contribution in [3.8, 4) is 0 Å². The number of aliphatic hydroxyl groups excluding tert-OH is 14. The van der Waals surface area contributed by atoms with E-state index >= 15 is 0 Å². The molecule has 26 heteroatoms. The van der Waals surface area contributed by atoms with Gasteiger partial charge in [0.15, 0.2) is 30.9 Å². The largest absolute Gasteiger partial charge is 0.394 e. The minimum atomic E-state index is -1.98. The molecule has 78 heavy (non-hydrogen) atoms. The fourth-order valence-corrected chi connectivity index (χ4v) is 15.8. The summed E-state index contributed by atoms with van der Waals surface area (Å²) in [5.41, 5.74) is -4.76. The number of fused-ring (bicyclic) bond motifs is 7. The van der Waals surface area contributed by atoms with Crippen LogP contribution in [0.1, 0.15) is 92.4 Å². The van der Waals surface area contributed by atoms with Gasteiger partial charge in [0.1, 0.15) is 91.6 Å². The molecule has 0 aromatic carbocycles. The molecule has 9 rings (SSSR count). The second-order valence-electron chi connectivity index (χ2n) is 24.9. The van der Waals surface area contributed by atoms with Gasteiger partial charge in [-0.3, -0.25) is 0 Å². The summed E-state index contributed by atoms with van der Waals surface area (Å²) in [6.45, 7) is 7.42. The van der Waals surface area contributed by atoms with Gasteiger partial charge < -0.3 is 129 Å². The lowest BCUT2D eigenvalue weighted by molar-refractivity contribution is -0.400. The Hall–Kier alpha value is -1.04. The number of aliphatic hydroxyl groups is 16. The van der Waals surface area contributed by atoms with Gasteiger partial charge in [-0.25, -0.2) is 0 Å². The van der Waals surface area contributed by atoms with Gasteiger partial charge in [-0.15, -0.1) is 0 Å². The quantitative estimate of drug-likeness (QED) is 0.0643. The zero-order chi connectivity index (χ0) is 56.9. The van der Waals surface area contributed by atoms with Crippen molar-refractivity contribution in [2.45, 2.75) is 251 Å². The zero-order valence-electron chi connectivity index (χ0n) is 45.1. The number of ether oxygens (including phenoxy) is 10. The molecule has 5 heterocycles. The Kier molecular flexibility index (Phi) is 18.2. The fraction of sp³-hybridized carbons (Fsp3) is 1.00. The maximum Gasteiger partial charge on any atom is 0.187 e. The van der Waals surface area contributed by atoms with Crippen LogP contribution in [0.4, 0.5) is 0 Å². The average Bonchev–Trinajstić information content (AvgIpc) is 2.70. The lowest BCUT2D eigenvalue weighted by atomic mass is 9.40. The van der Waals surface area contributed by atoms with E-state index in [1.54, 1.807) is 14.0 Å². The second-order valence-corrected chi connectivity index (χ2v) is 24.9. The zero-order valence-corrected chi connectivity index (χ0v) is 45.1. The van der Waals surface area contributed by atoms with E-state index in [0.29, 0.717) is 38.5 Å². The average molecular weight is 1130 g/mol. The summed E-state index contributed by atoms with van der Waals surface area (Å²) in [4.78, 5) is 0. The van der Waals surface area contributed by atoms with E-state index in [0.717, 1.165) is 0 Å². The van der Waals surface area contributed by atoms with Crippen LogP contribution in [0.25, 0.3) is 0 Å². The minimum absolute atomic E-state index is 0.0353. The summed E-state index contributed by atoms with van der Waals surface area (Å²) < 4.78 is 60.8. The first-order valence-electron chi connectivity index (χ1n) is 27.9. The number of methoxy groups -OCH3 is 1. The molecule has 0 radical (unpaired) electrons. The molecule has 4 aliphatic carbocycles. The molecular formula is C52H88O26. The van der Waals surface area contributed by atoms with Crippen molar-refractivity contribution in [3.63, 3.8) is 0 Å². The highest BCUT2D eigenvalue weighted by Gasteiger charge is 2.75. The van der Waals surface area contributed by atoms with Gasteiger partial charge in [-0.1, -0.05) is 27.7 Å². The molecule has 33 atom stereocenters. The lowest BCUT2D eigenvalue weighted by Gasteiger charge is -2.68. The third-order valence-electron chi connectivity index (χ3n) is 20.7. The first-order valence-corrected chi connectivity index (χ1v) is 27.9. The maximum atomic E-state index is 13.3. The van der Waals surface area contributed by atoms with Crippen LogP contribution in [0.15, 0.2) is 0 Å². The van der Waals surface area contributed by atoms with Crippen LogP contribution in [-0.2, 0) is 47.4 Å². The Bertz CT molecular complexity index is 2010. The van der Waals surface area contributed by atoms with Crippen molar-refractivity contribution >= 4 is 0 Å². The van der Waals surface area contributed by atoms with Gasteiger partial charge >= 0.3 is 0 Å². The Balaban J connectivity index is 0.899.